The van der Waals surface area contributed by atoms with Crippen LogP contribution in [-0.4, -0.2) is 0 Å². The normalized spacial score (nSPS) is 10.8. The van der Waals surface area contributed by atoms with E-state index < -0.39 is 0 Å². The Labute approximate surface area is 237 Å². The summed E-state index contributed by atoms with van der Waals surface area (Å²) in [6.45, 7) is 4.30. The second-order valence-electron chi connectivity index (χ2n) is 10.1. The molecular formula is C38H32N2. The highest BCUT2D eigenvalue weighted by Crippen LogP contribution is 2.50. The molecule has 0 fully saturated rings. The molecule has 2 heteroatoms. The van der Waals surface area contributed by atoms with Gasteiger partial charge in [0.25, 0.3) is 0 Å². The van der Waals surface area contributed by atoms with Crippen LogP contribution in [0.3, 0.4) is 0 Å². The van der Waals surface area contributed by atoms with Gasteiger partial charge in [0.2, 0.25) is 0 Å². The summed E-state index contributed by atoms with van der Waals surface area (Å²) in [4.78, 5) is 4.77. The van der Waals surface area contributed by atoms with Crippen LogP contribution in [0.2, 0.25) is 0 Å². The summed E-state index contributed by atoms with van der Waals surface area (Å²) < 4.78 is 0. The van der Waals surface area contributed by atoms with E-state index in [4.69, 9.17) is 0 Å². The van der Waals surface area contributed by atoms with Crippen molar-refractivity contribution in [3.63, 3.8) is 0 Å². The largest absolute Gasteiger partial charge is 0.308 e. The van der Waals surface area contributed by atoms with E-state index >= 15 is 0 Å². The standard InChI is InChI=1S/C38H32N2/c1-29-15-12-23-34(27-29)39(32-19-8-4-9-20-32)37-26-14-25-36(31-17-6-3-7-18-31)38(37)40(33-21-10-5-11-22-33)35-24-13-16-30(2)28-35/h3-28H,1-2H3. The summed E-state index contributed by atoms with van der Waals surface area (Å²) in [5.74, 6) is 0. The Bertz CT molecular complexity index is 1710. The van der Waals surface area contributed by atoms with Crippen LogP contribution in [0, 0.1) is 13.8 Å². The molecule has 0 saturated heterocycles. The van der Waals surface area contributed by atoms with Crippen LogP contribution in [0.4, 0.5) is 34.1 Å². The Hall–Kier alpha value is -5.08. The van der Waals surface area contributed by atoms with Gasteiger partial charge in [-0.15, -0.1) is 0 Å². The van der Waals surface area contributed by atoms with Crippen molar-refractivity contribution in [2.45, 2.75) is 13.8 Å². The molecule has 6 aromatic rings. The Morgan fingerprint density at radius 3 is 1.38 bits per heavy atom. The summed E-state index contributed by atoms with van der Waals surface area (Å²) in [6, 6.07) is 56.1. The van der Waals surface area contributed by atoms with Crippen molar-refractivity contribution in [3.8, 4) is 11.1 Å². The lowest BCUT2D eigenvalue weighted by Crippen LogP contribution is -2.18. The predicted molar refractivity (Wildman–Crippen MR) is 171 cm³/mol. The molecule has 0 N–H and O–H groups in total. The summed E-state index contributed by atoms with van der Waals surface area (Å²) in [5.41, 5.74) is 11.4. The van der Waals surface area contributed by atoms with E-state index in [0.717, 1.165) is 39.7 Å². The van der Waals surface area contributed by atoms with Crippen LogP contribution in [0.15, 0.2) is 158 Å². The molecule has 0 unspecified atom stereocenters. The smallest absolute Gasteiger partial charge is 0.0781 e. The van der Waals surface area contributed by atoms with Crippen molar-refractivity contribution in [2.75, 3.05) is 9.80 Å². The molecule has 0 amide bonds. The topological polar surface area (TPSA) is 6.48 Å². The van der Waals surface area contributed by atoms with Gasteiger partial charge in [0.15, 0.2) is 0 Å². The highest BCUT2D eigenvalue weighted by Gasteiger charge is 2.25. The molecule has 0 spiro atoms. The third-order valence-electron chi connectivity index (χ3n) is 7.11. The SMILES string of the molecule is Cc1cccc(N(c2ccccc2)c2cccc(-c3ccccc3)c2N(c2ccccc2)c2cccc(C)c2)c1. The number of hydrogen-bond acceptors (Lipinski definition) is 2. The molecule has 0 radical (unpaired) electrons. The van der Waals surface area contributed by atoms with Gasteiger partial charge in [-0.25, -0.2) is 0 Å². The van der Waals surface area contributed by atoms with Crippen LogP contribution in [0.25, 0.3) is 11.1 Å². The molecule has 0 atom stereocenters. The van der Waals surface area contributed by atoms with E-state index in [9.17, 15) is 0 Å². The van der Waals surface area contributed by atoms with Crippen molar-refractivity contribution in [1.82, 2.24) is 0 Å². The minimum Gasteiger partial charge on any atom is -0.308 e. The number of hydrogen-bond donors (Lipinski definition) is 0. The molecule has 0 aliphatic heterocycles. The average Bonchev–Trinajstić information content (AvgIpc) is 3.00. The fourth-order valence-electron chi connectivity index (χ4n) is 5.32. The van der Waals surface area contributed by atoms with Gasteiger partial charge in [0.05, 0.1) is 11.4 Å². The molecule has 6 aromatic carbocycles. The van der Waals surface area contributed by atoms with Gasteiger partial charge in [-0.2, -0.15) is 0 Å². The molecule has 0 aliphatic carbocycles. The summed E-state index contributed by atoms with van der Waals surface area (Å²) >= 11 is 0. The number of para-hydroxylation sites is 3. The number of anilines is 6. The molecule has 0 aliphatic rings. The zero-order valence-electron chi connectivity index (χ0n) is 22.9. The monoisotopic (exact) mass is 516 g/mol. The van der Waals surface area contributed by atoms with Gasteiger partial charge in [-0.05, 0) is 85.1 Å². The van der Waals surface area contributed by atoms with Crippen molar-refractivity contribution < 1.29 is 0 Å². The van der Waals surface area contributed by atoms with Crippen LogP contribution in [0.5, 0.6) is 0 Å². The lowest BCUT2D eigenvalue weighted by atomic mass is 9.99. The van der Waals surface area contributed by atoms with Crippen LogP contribution >= 0.6 is 0 Å². The molecule has 40 heavy (non-hydrogen) atoms. The van der Waals surface area contributed by atoms with Crippen molar-refractivity contribution >= 4 is 34.1 Å². The third kappa shape index (κ3) is 5.12. The number of rotatable bonds is 7. The predicted octanol–water partition coefficient (Wildman–Crippen LogP) is 10.9. The molecule has 6 rings (SSSR count). The van der Waals surface area contributed by atoms with Crippen LogP contribution in [0.1, 0.15) is 11.1 Å². The van der Waals surface area contributed by atoms with Gasteiger partial charge in [-0.1, -0.05) is 103 Å². The Morgan fingerprint density at radius 2 is 0.825 bits per heavy atom. The Kier molecular flexibility index (Phi) is 7.15. The van der Waals surface area contributed by atoms with Gasteiger partial charge >= 0.3 is 0 Å². The first-order valence-corrected chi connectivity index (χ1v) is 13.7. The second-order valence-corrected chi connectivity index (χ2v) is 10.1. The first-order chi connectivity index (χ1) is 19.7. The highest BCUT2D eigenvalue weighted by atomic mass is 15.2. The van der Waals surface area contributed by atoms with E-state index in [1.54, 1.807) is 0 Å². The van der Waals surface area contributed by atoms with Crippen LogP contribution in [-0.2, 0) is 0 Å². The Morgan fingerprint density at radius 1 is 0.375 bits per heavy atom. The Balaban J connectivity index is 1.72. The van der Waals surface area contributed by atoms with E-state index in [2.05, 4.69) is 181 Å². The second kappa shape index (κ2) is 11.3. The fraction of sp³-hybridized carbons (Fsp3) is 0.0526. The van der Waals surface area contributed by atoms with Crippen molar-refractivity contribution in [3.05, 3.63) is 169 Å². The average molecular weight is 517 g/mol. The maximum atomic E-state index is 2.40. The fourth-order valence-corrected chi connectivity index (χ4v) is 5.32. The van der Waals surface area contributed by atoms with Crippen LogP contribution < -0.4 is 9.80 Å². The summed E-state index contributed by atoms with van der Waals surface area (Å²) in [7, 11) is 0. The maximum Gasteiger partial charge on any atom is 0.0781 e. The molecule has 2 nitrogen and oxygen atoms in total. The third-order valence-corrected chi connectivity index (χ3v) is 7.11. The van der Waals surface area contributed by atoms with E-state index in [0.29, 0.717) is 0 Å². The van der Waals surface area contributed by atoms with Gasteiger partial charge in [0.1, 0.15) is 0 Å². The molecule has 0 bridgehead atoms. The summed E-state index contributed by atoms with van der Waals surface area (Å²) in [5, 5.41) is 0. The van der Waals surface area contributed by atoms with E-state index in [1.165, 1.54) is 16.7 Å². The lowest BCUT2D eigenvalue weighted by Gasteiger charge is -2.35. The quantitative estimate of drug-likeness (QED) is 0.208. The number of benzene rings is 6. The van der Waals surface area contributed by atoms with E-state index in [-0.39, 0.29) is 0 Å². The van der Waals surface area contributed by atoms with Gasteiger partial charge in [0, 0.05) is 28.3 Å². The zero-order valence-corrected chi connectivity index (χ0v) is 22.9. The number of nitrogens with zero attached hydrogens (tertiary/aromatic N) is 2. The van der Waals surface area contributed by atoms with E-state index in [1.807, 2.05) is 0 Å². The molecular weight excluding hydrogens is 484 g/mol. The van der Waals surface area contributed by atoms with Crippen molar-refractivity contribution in [2.24, 2.45) is 0 Å². The number of aryl methyl sites for hydroxylation is 2. The zero-order chi connectivity index (χ0) is 27.3. The highest BCUT2D eigenvalue weighted by molar-refractivity contribution is 5.99. The van der Waals surface area contributed by atoms with Gasteiger partial charge in [-0.3, -0.25) is 0 Å². The maximum absolute atomic E-state index is 2.40. The lowest BCUT2D eigenvalue weighted by molar-refractivity contribution is 1.22. The van der Waals surface area contributed by atoms with Crippen molar-refractivity contribution in [1.29, 1.82) is 0 Å². The molecule has 194 valence electrons. The molecule has 0 aromatic heterocycles. The minimum absolute atomic E-state index is 1.10. The minimum atomic E-state index is 1.10. The molecule has 0 saturated carbocycles. The van der Waals surface area contributed by atoms with Gasteiger partial charge < -0.3 is 9.80 Å². The summed E-state index contributed by atoms with van der Waals surface area (Å²) in [6.07, 6.45) is 0. The first-order valence-electron chi connectivity index (χ1n) is 13.7. The molecule has 0 heterocycles. The first kappa shape index (κ1) is 25.2.